The fourth-order valence-corrected chi connectivity index (χ4v) is 2.59. The molecule has 0 saturated carbocycles. The Morgan fingerprint density at radius 3 is 2.38 bits per heavy atom. The summed E-state index contributed by atoms with van der Waals surface area (Å²) in [6.45, 7) is 3.58. The molecule has 0 fully saturated rings. The zero-order valence-corrected chi connectivity index (χ0v) is 10.6. The number of ether oxygens (including phenoxy) is 1. The van der Waals surface area contributed by atoms with Gasteiger partial charge in [-0.05, 0) is 5.92 Å². The largest absolute Gasteiger partial charge is 0.481 e. The van der Waals surface area contributed by atoms with Crippen LogP contribution in [0.2, 0.25) is 0 Å². The number of hydrogen-bond acceptors (Lipinski definition) is 4. The molecule has 7 heteroatoms. The van der Waals surface area contributed by atoms with Crippen LogP contribution in [0.3, 0.4) is 0 Å². The van der Waals surface area contributed by atoms with Gasteiger partial charge in [0, 0.05) is 13.7 Å². The Kier molecular flexibility index (Phi) is 6.54. The Balaban J connectivity index is 4.15. The molecule has 0 aromatic carbocycles. The van der Waals surface area contributed by atoms with Crippen LogP contribution in [0, 0.1) is 5.92 Å². The van der Waals surface area contributed by atoms with Crippen LogP contribution in [0.4, 0.5) is 0 Å². The van der Waals surface area contributed by atoms with Crippen LogP contribution in [-0.2, 0) is 19.6 Å². The summed E-state index contributed by atoms with van der Waals surface area (Å²) in [6.07, 6.45) is -0.861. The predicted molar refractivity (Wildman–Crippen MR) is 59.7 cm³/mol. The van der Waals surface area contributed by atoms with Crippen molar-refractivity contribution < 1.29 is 23.1 Å². The lowest BCUT2D eigenvalue weighted by atomic mass is 10.2. The van der Waals surface area contributed by atoms with Gasteiger partial charge in [-0.2, -0.15) is 0 Å². The maximum atomic E-state index is 11.4. The van der Waals surface area contributed by atoms with E-state index in [1.807, 2.05) is 0 Å². The SMILES string of the molecule is COC(CNS(=O)(=O)CC(C)C)CC(=O)O. The smallest absolute Gasteiger partial charge is 0.306 e. The van der Waals surface area contributed by atoms with Crippen LogP contribution >= 0.6 is 0 Å². The third kappa shape index (κ3) is 7.61. The first-order valence-electron chi connectivity index (χ1n) is 4.98. The number of carboxylic acids is 1. The number of aliphatic carboxylic acids is 1. The molecule has 0 amide bonds. The molecule has 0 spiro atoms. The van der Waals surface area contributed by atoms with Crippen LogP contribution in [-0.4, -0.2) is 45.0 Å². The van der Waals surface area contributed by atoms with E-state index in [1.165, 1.54) is 7.11 Å². The van der Waals surface area contributed by atoms with Gasteiger partial charge >= 0.3 is 5.97 Å². The fourth-order valence-electron chi connectivity index (χ4n) is 1.15. The second-order valence-corrected chi connectivity index (χ2v) is 5.83. The van der Waals surface area contributed by atoms with Crippen molar-refractivity contribution in [2.24, 2.45) is 5.92 Å². The highest BCUT2D eigenvalue weighted by molar-refractivity contribution is 7.89. The van der Waals surface area contributed by atoms with Crippen molar-refractivity contribution in [3.05, 3.63) is 0 Å². The van der Waals surface area contributed by atoms with Gasteiger partial charge in [0.15, 0.2) is 0 Å². The van der Waals surface area contributed by atoms with Gasteiger partial charge in [-0.25, -0.2) is 13.1 Å². The average molecular weight is 253 g/mol. The molecular weight excluding hydrogens is 234 g/mol. The van der Waals surface area contributed by atoms with E-state index in [-0.39, 0.29) is 24.6 Å². The molecule has 16 heavy (non-hydrogen) atoms. The van der Waals surface area contributed by atoms with Crippen molar-refractivity contribution in [2.45, 2.75) is 26.4 Å². The monoisotopic (exact) mass is 253 g/mol. The third-order valence-electron chi connectivity index (χ3n) is 1.82. The van der Waals surface area contributed by atoms with Crippen LogP contribution in [0.1, 0.15) is 20.3 Å². The predicted octanol–water partition coefficient (Wildman–Crippen LogP) is 0.0515. The van der Waals surface area contributed by atoms with Gasteiger partial charge in [0.1, 0.15) is 0 Å². The van der Waals surface area contributed by atoms with Crippen molar-refractivity contribution in [3.8, 4) is 0 Å². The molecule has 1 atom stereocenters. The lowest BCUT2D eigenvalue weighted by Crippen LogP contribution is -2.36. The van der Waals surface area contributed by atoms with Crippen LogP contribution in [0.25, 0.3) is 0 Å². The number of carbonyl (C=O) groups is 1. The van der Waals surface area contributed by atoms with Crippen LogP contribution in [0.15, 0.2) is 0 Å². The van der Waals surface area contributed by atoms with E-state index in [4.69, 9.17) is 9.84 Å². The minimum absolute atomic E-state index is 0.0160. The molecule has 0 aliphatic heterocycles. The van der Waals surface area contributed by atoms with Crippen LogP contribution in [0.5, 0.6) is 0 Å². The summed E-state index contributed by atoms with van der Waals surface area (Å²) >= 11 is 0. The maximum absolute atomic E-state index is 11.4. The highest BCUT2D eigenvalue weighted by Crippen LogP contribution is 2.00. The average Bonchev–Trinajstić information content (AvgIpc) is 2.09. The van der Waals surface area contributed by atoms with Crippen molar-refractivity contribution in [2.75, 3.05) is 19.4 Å². The molecule has 0 aromatic rings. The quantitative estimate of drug-likeness (QED) is 0.637. The van der Waals surface area contributed by atoms with E-state index in [2.05, 4.69) is 4.72 Å². The fraction of sp³-hybridized carbons (Fsp3) is 0.889. The normalized spacial score (nSPS) is 14.0. The first-order valence-corrected chi connectivity index (χ1v) is 6.64. The molecule has 0 aromatic heterocycles. The molecule has 6 nitrogen and oxygen atoms in total. The van der Waals surface area contributed by atoms with E-state index < -0.39 is 22.1 Å². The van der Waals surface area contributed by atoms with E-state index in [9.17, 15) is 13.2 Å². The molecule has 2 N–H and O–H groups in total. The summed E-state index contributed by atoms with van der Waals surface area (Å²) in [5.41, 5.74) is 0. The summed E-state index contributed by atoms with van der Waals surface area (Å²) in [7, 11) is -1.99. The molecule has 0 rings (SSSR count). The zero-order chi connectivity index (χ0) is 12.8. The van der Waals surface area contributed by atoms with Gasteiger partial charge in [-0.3, -0.25) is 4.79 Å². The Bertz CT molecular complexity index is 312. The molecule has 0 radical (unpaired) electrons. The Morgan fingerprint density at radius 1 is 1.44 bits per heavy atom. The second-order valence-electron chi connectivity index (χ2n) is 3.98. The molecule has 0 aliphatic rings. The molecule has 1 unspecified atom stereocenters. The van der Waals surface area contributed by atoms with E-state index in [0.29, 0.717) is 0 Å². The lowest BCUT2D eigenvalue weighted by Gasteiger charge is -2.14. The van der Waals surface area contributed by atoms with Crippen molar-refractivity contribution in [3.63, 3.8) is 0 Å². The zero-order valence-electron chi connectivity index (χ0n) is 9.76. The Morgan fingerprint density at radius 2 is 2.00 bits per heavy atom. The molecule has 96 valence electrons. The number of hydrogen-bond donors (Lipinski definition) is 2. The van der Waals surface area contributed by atoms with Gasteiger partial charge in [0.05, 0.1) is 18.3 Å². The van der Waals surface area contributed by atoms with Crippen LogP contribution < -0.4 is 4.72 Å². The van der Waals surface area contributed by atoms with Gasteiger partial charge in [0.25, 0.3) is 0 Å². The topological polar surface area (TPSA) is 92.7 Å². The minimum atomic E-state index is -3.34. The highest BCUT2D eigenvalue weighted by atomic mass is 32.2. The number of nitrogens with one attached hydrogen (secondary N) is 1. The van der Waals surface area contributed by atoms with Crippen molar-refractivity contribution in [1.29, 1.82) is 0 Å². The Hall–Kier alpha value is -0.660. The second kappa shape index (κ2) is 6.82. The number of carboxylic acid groups (broad SMARTS) is 1. The van der Waals surface area contributed by atoms with Crippen molar-refractivity contribution in [1.82, 2.24) is 4.72 Å². The standard InChI is InChI=1S/C9H19NO5S/c1-7(2)6-16(13,14)10-5-8(15-3)4-9(11)12/h7-8,10H,4-6H2,1-3H3,(H,11,12). The first kappa shape index (κ1) is 15.3. The highest BCUT2D eigenvalue weighted by Gasteiger charge is 2.17. The summed E-state index contributed by atoms with van der Waals surface area (Å²) in [5, 5.41) is 8.53. The maximum Gasteiger partial charge on any atom is 0.306 e. The molecular formula is C9H19NO5S. The number of sulfonamides is 1. The summed E-state index contributed by atoms with van der Waals surface area (Å²) in [4.78, 5) is 10.4. The van der Waals surface area contributed by atoms with E-state index in [1.54, 1.807) is 13.8 Å². The number of methoxy groups -OCH3 is 1. The molecule has 0 saturated heterocycles. The first-order chi connectivity index (χ1) is 7.26. The molecule has 0 bridgehead atoms. The number of rotatable bonds is 8. The van der Waals surface area contributed by atoms with E-state index in [0.717, 1.165) is 0 Å². The van der Waals surface area contributed by atoms with Gasteiger partial charge < -0.3 is 9.84 Å². The third-order valence-corrected chi connectivity index (χ3v) is 3.53. The molecule has 0 heterocycles. The van der Waals surface area contributed by atoms with Gasteiger partial charge in [-0.1, -0.05) is 13.8 Å². The minimum Gasteiger partial charge on any atom is -0.481 e. The summed E-state index contributed by atoms with van der Waals surface area (Å²) in [5.74, 6) is -0.968. The van der Waals surface area contributed by atoms with Crippen molar-refractivity contribution >= 4 is 16.0 Å². The lowest BCUT2D eigenvalue weighted by molar-refractivity contribution is -0.139. The summed E-state index contributed by atoms with van der Waals surface area (Å²) < 4.78 is 30.1. The van der Waals surface area contributed by atoms with E-state index >= 15 is 0 Å². The molecule has 0 aliphatic carbocycles. The van der Waals surface area contributed by atoms with Gasteiger partial charge in [0.2, 0.25) is 10.0 Å². The summed E-state index contributed by atoms with van der Waals surface area (Å²) in [6, 6.07) is 0. The van der Waals surface area contributed by atoms with Gasteiger partial charge in [-0.15, -0.1) is 0 Å². The Labute approximate surface area is 96.0 Å².